The van der Waals surface area contributed by atoms with Crippen molar-refractivity contribution in [3.63, 3.8) is 0 Å². The number of fused-ring (bicyclic) bond motifs is 1. The van der Waals surface area contributed by atoms with Gasteiger partial charge in [0, 0.05) is 25.4 Å². The molecule has 0 unspecified atom stereocenters. The zero-order chi connectivity index (χ0) is 18.1. The standard InChI is InChI=1S/C20H22N2O4/c1-20(10-14-3-5-16-17(9-14)26-13-25-16)7-2-8-22(12-20)19(24)15-4-6-18(23)21-11-15/h3-6,9,11H,2,7-8,10,12-13H2,1H3,(H,21,23)/t20-/m1/s1. The van der Waals surface area contributed by atoms with Crippen LogP contribution in [0.5, 0.6) is 11.5 Å². The van der Waals surface area contributed by atoms with Gasteiger partial charge in [0.2, 0.25) is 12.4 Å². The van der Waals surface area contributed by atoms with Gasteiger partial charge in [-0.25, -0.2) is 0 Å². The van der Waals surface area contributed by atoms with E-state index in [9.17, 15) is 9.59 Å². The molecule has 1 aromatic carbocycles. The Kier molecular flexibility index (Phi) is 4.18. The lowest BCUT2D eigenvalue weighted by Gasteiger charge is -2.40. The van der Waals surface area contributed by atoms with E-state index in [1.807, 2.05) is 17.0 Å². The van der Waals surface area contributed by atoms with Crippen LogP contribution in [0, 0.1) is 5.41 Å². The van der Waals surface area contributed by atoms with Crippen molar-refractivity contribution in [2.24, 2.45) is 5.41 Å². The summed E-state index contributed by atoms with van der Waals surface area (Å²) in [6.07, 6.45) is 4.40. The minimum atomic E-state index is -0.201. The Morgan fingerprint density at radius 1 is 1.23 bits per heavy atom. The molecule has 26 heavy (non-hydrogen) atoms. The maximum absolute atomic E-state index is 12.8. The molecule has 136 valence electrons. The van der Waals surface area contributed by atoms with Crippen molar-refractivity contribution in [1.29, 1.82) is 0 Å². The van der Waals surface area contributed by atoms with Gasteiger partial charge in [-0.2, -0.15) is 0 Å². The van der Waals surface area contributed by atoms with Crippen LogP contribution < -0.4 is 15.0 Å². The van der Waals surface area contributed by atoms with E-state index in [2.05, 4.69) is 18.0 Å². The zero-order valence-corrected chi connectivity index (χ0v) is 14.8. The topological polar surface area (TPSA) is 71.6 Å². The van der Waals surface area contributed by atoms with Crippen LogP contribution in [0.15, 0.2) is 41.3 Å². The number of nitrogens with one attached hydrogen (secondary N) is 1. The van der Waals surface area contributed by atoms with Crippen LogP contribution in [0.2, 0.25) is 0 Å². The quantitative estimate of drug-likeness (QED) is 0.920. The van der Waals surface area contributed by atoms with Gasteiger partial charge in [-0.15, -0.1) is 0 Å². The molecule has 0 saturated carbocycles. The molecule has 0 bridgehead atoms. The summed E-state index contributed by atoms with van der Waals surface area (Å²) in [7, 11) is 0. The van der Waals surface area contributed by atoms with Gasteiger partial charge in [-0.1, -0.05) is 13.0 Å². The van der Waals surface area contributed by atoms with E-state index in [-0.39, 0.29) is 23.7 Å². The molecule has 1 fully saturated rings. The van der Waals surface area contributed by atoms with E-state index in [1.165, 1.54) is 17.8 Å². The third-order valence-corrected chi connectivity index (χ3v) is 5.17. The molecule has 1 atom stereocenters. The number of aromatic amines is 1. The number of hydrogen-bond acceptors (Lipinski definition) is 4. The maximum atomic E-state index is 12.8. The third-order valence-electron chi connectivity index (χ3n) is 5.17. The van der Waals surface area contributed by atoms with E-state index in [0.29, 0.717) is 12.1 Å². The molecule has 1 N–H and O–H groups in total. The monoisotopic (exact) mass is 354 g/mol. The van der Waals surface area contributed by atoms with Crippen molar-refractivity contribution in [3.8, 4) is 11.5 Å². The second-order valence-corrected chi connectivity index (χ2v) is 7.45. The number of ether oxygens (including phenoxy) is 2. The lowest BCUT2D eigenvalue weighted by molar-refractivity contribution is 0.0550. The van der Waals surface area contributed by atoms with Gasteiger partial charge in [0.15, 0.2) is 11.5 Å². The Bertz CT molecular complexity index is 871. The molecule has 6 nitrogen and oxygen atoms in total. The first-order valence-electron chi connectivity index (χ1n) is 8.89. The number of carbonyl (C=O) groups is 1. The number of hydrogen-bond donors (Lipinski definition) is 1. The van der Waals surface area contributed by atoms with E-state index >= 15 is 0 Å². The fourth-order valence-electron chi connectivity index (χ4n) is 3.90. The van der Waals surface area contributed by atoms with Crippen LogP contribution >= 0.6 is 0 Å². The first-order chi connectivity index (χ1) is 12.5. The Labute approximate surface area is 151 Å². The molecule has 0 aliphatic carbocycles. The number of nitrogens with zero attached hydrogens (tertiary/aromatic N) is 1. The lowest BCUT2D eigenvalue weighted by atomic mass is 9.76. The van der Waals surface area contributed by atoms with Gasteiger partial charge < -0.3 is 19.4 Å². The van der Waals surface area contributed by atoms with E-state index < -0.39 is 0 Å². The number of piperidine rings is 1. The van der Waals surface area contributed by atoms with E-state index in [4.69, 9.17) is 9.47 Å². The minimum absolute atomic E-state index is 0.00377. The van der Waals surface area contributed by atoms with Gasteiger partial charge in [-0.05, 0) is 48.4 Å². The summed E-state index contributed by atoms with van der Waals surface area (Å²) in [5.74, 6) is 1.55. The van der Waals surface area contributed by atoms with Crippen molar-refractivity contribution in [3.05, 3.63) is 58.0 Å². The van der Waals surface area contributed by atoms with E-state index in [1.54, 1.807) is 6.07 Å². The van der Waals surface area contributed by atoms with Crippen LogP contribution in [-0.2, 0) is 6.42 Å². The Balaban J connectivity index is 1.49. The third kappa shape index (κ3) is 3.31. The van der Waals surface area contributed by atoms with Crippen LogP contribution in [0.3, 0.4) is 0 Å². The highest BCUT2D eigenvalue weighted by Crippen LogP contribution is 2.37. The van der Waals surface area contributed by atoms with Gasteiger partial charge >= 0.3 is 0 Å². The van der Waals surface area contributed by atoms with Crippen molar-refractivity contribution >= 4 is 5.91 Å². The van der Waals surface area contributed by atoms with Gasteiger partial charge in [0.25, 0.3) is 5.91 Å². The van der Waals surface area contributed by atoms with Gasteiger partial charge in [-0.3, -0.25) is 9.59 Å². The number of carbonyl (C=O) groups excluding carboxylic acids is 1. The summed E-state index contributed by atoms with van der Waals surface area (Å²) in [4.78, 5) is 28.4. The molecular weight excluding hydrogens is 332 g/mol. The maximum Gasteiger partial charge on any atom is 0.255 e. The van der Waals surface area contributed by atoms with Crippen LogP contribution in [0.25, 0.3) is 0 Å². The second kappa shape index (κ2) is 6.52. The number of pyridine rings is 1. The van der Waals surface area contributed by atoms with Crippen LogP contribution in [0.1, 0.15) is 35.7 Å². The number of benzene rings is 1. The number of amides is 1. The summed E-state index contributed by atoms with van der Waals surface area (Å²) >= 11 is 0. The predicted molar refractivity (Wildman–Crippen MR) is 96.6 cm³/mol. The van der Waals surface area contributed by atoms with Gasteiger partial charge in [0.05, 0.1) is 5.56 Å². The predicted octanol–water partition coefficient (Wildman–Crippen LogP) is 2.59. The second-order valence-electron chi connectivity index (χ2n) is 7.45. The van der Waals surface area contributed by atoms with Crippen molar-refractivity contribution in [2.45, 2.75) is 26.2 Å². The first-order valence-corrected chi connectivity index (χ1v) is 8.89. The molecule has 6 heteroatoms. The first kappa shape index (κ1) is 16.7. The van der Waals surface area contributed by atoms with Gasteiger partial charge in [0.1, 0.15) is 0 Å². The highest BCUT2D eigenvalue weighted by Gasteiger charge is 2.34. The SMILES string of the molecule is C[C@]1(Cc2ccc3c(c2)OCO3)CCCN(C(=O)c2ccc(=O)[nH]c2)C1. The molecule has 4 rings (SSSR count). The average Bonchev–Trinajstić information content (AvgIpc) is 3.09. The molecule has 1 saturated heterocycles. The summed E-state index contributed by atoms with van der Waals surface area (Å²) in [6.45, 7) is 3.94. The summed E-state index contributed by atoms with van der Waals surface area (Å²) in [5.41, 5.74) is 1.52. The smallest absolute Gasteiger partial charge is 0.255 e. The highest BCUT2D eigenvalue weighted by molar-refractivity contribution is 5.93. The molecule has 0 spiro atoms. The Morgan fingerprint density at radius 2 is 2.08 bits per heavy atom. The molecule has 2 aliphatic rings. The average molecular weight is 354 g/mol. The number of H-pyrrole nitrogens is 1. The molecular formula is C20H22N2O4. The number of likely N-dealkylation sites (tertiary alicyclic amines) is 1. The lowest BCUT2D eigenvalue weighted by Crippen LogP contribution is -2.45. The Hall–Kier alpha value is -2.76. The fourth-order valence-corrected chi connectivity index (χ4v) is 3.90. The summed E-state index contributed by atoms with van der Waals surface area (Å²) in [6, 6.07) is 9.04. The summed E-state index contributed by atoms with van der Waals surface area (Å²) in [5, 5.41) is 0. The highest BCUT2D eigenvalue weighted by atomic mass is 16.7. The fraction of sp³-hybridized carbons (Fsp3) is 0.400. The molecule has 1 aromatic heterocycles. The summed E-state index contributed by atoms with van der Waals surface area (Å²) < 4.78 is 10.8. The number of aromatic nitrogens is 1. The minimum Gasteiger partial charge on any atom is -0.454 e. The normalized spacial score (nSPS) is 21.7. The van der Waals surface area contributed by atoms with Crippen LogP contribution in [-0.4, -0.2) is 35.7 Å². The Morgan fingerprint density at radius 3 is 2.88 bits per heavy atom. The van der Waals surface area contributed by atoms with Crippen molar-refractivity contribution in [1.82, 2.24) is 9.88 Å². The zero-order valence-electron chi connectivity index (χ0n) is 14.8. The molecule has 2 aliphatic heterocycles. The molecule has 2 aromatic rings. The number of rotatable bonds is 3. The van der Waals surface area contributed by atoms with E-state index in [0.717, 1.165) is 37.3 Å². The molecule has 3 heterocycles. The van der Waals surface area contributed by atoms with Crippen molar-refractivity contribution < 1.29 is 14.3 Å². The largest absolute Gasteiger partial charge is 0.454 e. The van der Waals surface area contributed by atoms with Crippen LogP contribution in [0.4, 0.5) is 0 Å². The molecule has 0 radical (unpaired) electrons. The van der Waals surface area contributed by atoms with Crippen molar-refractivity contribution in [2.75, 3.05) is 19.9 Å². The molecule has 1 amide bonds.